The quantitative estimate of drug-likeness (QED) is 0.309. The first kappa shape index (κ1) is 22.2. The average molecular weight is 422 g/mol. The SMILES string of the molecule is CCCCOc1ccc(PC(=O)c2c(C(F)(F)F)cccc2C(F)(F)F)cc1. The van der Waals surface area contributed by atoms with Crippen LogP contribution in [0.5, 0.6) is 5.75 Å². The molecule has 152 valence electrons. The number of ether oxygens (including phenoxy) is 1. The van der Waals surface area contributed by atoms with E-state index in [1.807, 2.05) is 6.92 Å². The Hall–Kier alpha value is -2.08. The monoisotopic (exact) mass is 422 g/mol. The molecule has 0 saturated heterocycles. The highest BCUT2D eigenvalue weighted by molar-refractivity contribution is 7.66. The first-order valence-electron chi connectivity index (χ1n) is 8.35. The van der Waals surface area contributed by atoms with Crippen molar-refractivity contribution >= 4 is 19.4 Å². The Balaban J connectivity index is 2.31. The van der Waals surface area contributed by atoms with E-state index in [1.54, 1.807) is 0 Å². The lowest BCUT2D eigenvalue weighted by molar-refractivity contribution is -0.143. The van der Waals surface area contributed by atoms with E-state index in [9.17, 15) is 31.1 Å². The molecule has 0 saturated carbocycles. The van der Waals surface area contributed by atoms with Gasteiger partial charge in [0.2, 0.25) is 0 Å². The predicted molar refractivity (Wildman–Crippen MR) is 95.6 cm³/mol. The molecule has 0 bridgehead atoms. The number of alkyl halides is 6. The number of carbonyl (C=O) groups excluding carboxylic acids is 1. The van der Waals surface area contributed by atoms with E-state index in [0.717, 1.165) is 12.8 Å². The molecule has 0 N–H and O–H groups in total. The van der Waals surface area contributed by atoms with Crippen LogP contribution in [0.2, 0.25) is 0 Å². The van der Waals surface area contributed by atoms with Crippen LogP contribution in [0.15, 0.2) is 42.5 Å². The minimum atomic E-state index is -5.08. The molecule has 1 atom stereocenters. The highest BCUT2D eigenvalue weighted by atomic mass is 31.1. The molecule has 0 fully saturated rings. The Morgan fingerprint density at radius 2 is 1.46 bits per heavy atom. The zero-order valence-corrected chi connectivity index (χ0v) is 15.7. The smallest absolute Gasteiger partial charge is 0.417 e. The zero-order chi connectivity index (χ0) is 20.9. The molecule has 2 rings (SSSR count). The van der Waals surface area contributed by atoms with E-state index in [1.165, 1.54) is 24.3 Å². The molecule has 28 heavy (non-hydrogen) atoms. The van der Waals surface area contributed by atoms with Crippen molar-refractivity contribution in [1.29, 1.82) is 0 Å². The maximum absolute atomic E-state index is 13.2. The van der Waals surface area contributed by atoms with Crippen LogP contribution in [-0.2, 0) is 12.4 Å². The lowest BCUT2D eigenvalue weighted by Gasteiger charge is -2.17. The van der Waals surface area contributed by atoms with Gasteiger partial charge in [0, 0.05) is 5.56 Å². The topological polar surface area (TPSA) is 26.3 Å². The van der Waals surface area contributed by atoms with Crippen LogP contribution in [-0.4, -0.2) is 12.1 Å². The van der Waals surface area contributed by atoms with Crippen LogP contribution in [0.3, 0.4) is 0 Å². The fourth-order valence-electron chi connectivity index (χ4n) is 2.43. The van der Waals surface area contributed by atoms with E-state index in [0.29, 0.717) is 35.9 Å². The van der Waals surface area contributed by atoms with Gasteiger partial charge in [0.05, 0.1) is 17.7 Å². The fraction of sp³-hybridized carbons (Fsp3) is 0.316. The lowest BCUT2D eigenvalue weighted by Crippen LogP contribution is -2.19. The van der Waals surface area contributed by atoms with Crippen LogP contribution in [0.1, 0.15) is 41.3 Å². The van der Waals surface area contributed by atoms with Crippen molar-refractivity contribution in [2.24, 2.45) is 0 Å². The molecule has 2 aromatic carbocycles. The second-order valence-corrected chi connectivity index (χ2v) is 7.19. The molecular formula is C19H17F6O2P. The number of unbranched alkanes of at least 4 members (excludes halogenated alkanes) is 1. The predicted octanol–water partition coefficient (Wildman–Crippen LogP) is 6.05. The van der Waals surface area contributed by atoms with Gasteiger partial charge in [-0.2, -0.15) is 26.3 Å². The van der Waals surface area contributed by atoms with Gasteiger partial charge in [0.1, 0.15) is 5.75 Å². The molecule has 0 heterocycles. The van der Waals surface area contributed by atoms with E-state index >= 15 is 0 Å². The molecule has 0 spiro atoms. The zero-order valence-electron chi connectivity index (χ0n) is 14.7. The molecule has 0 amide bonds. The molecule has 0 aliphatic heterocycles. The van der Waals surface area contributed by atoms with Gasteiger partial charge >= 0.3 is 12.4 Å². The molecule has 2 nitrogen and oxygen atoms in total. The largest absolute Gasteiger partial charge is 0.494 e. The van der Waals surface area contributed by atoms with E-state index in [4.69, 9.17) is 4.74 Å². The first-order chi connectivity index (χ1) is 13.0. The van der Waals surface area contributed by atoms with Crippen molar-refractivity contribution in [3.05, 3.63) is 59.2 Å². The summed E-state index contributed by atoms with van der Waals surface area (Å²) in [7, 11) is -0.889. The second-order valence-electron chi connectivity index (χ2n) is 5.90. The van der Waals surface area contributed by atoms with Gasteiger partial charge in [-0.05, 0) is 44.6 Å². The third-order valence-corrected chi connectivity index (χ3v) is 4.88. The van der Waals surface area contributed by atoms with Crippen molar-refractivity contribution in [2.45, 2.75) is 32.1 Å². The van der Waals surface area contributed by atoms with Crippen molar-refractivity contribution in [1.82, 2.24) is 0 Å². The summed E-state index contributed by atoms with van der Waals surface area (Å²) in [5.74, 6) is 0.515. The Bertz CT molecular complexity index is 780. The minimum Gasteiger partial charge on any atom is -0.494 e. The minimum absolute atomic E-state index is 0.318. The summed E-state index contributed by atoms with van der Waals surface area (Å²) in [6.45, 7) is 2.48. The number of carbonyl (C=O) groups is 1. The number of halogens is 6. The summed E-state index contributed by atoms with van der Waals surface area (Å²) in [4.78, 5) is 12.4. The summed E-state index contributed by atoms with van der Waals surface area (Å²) in [6.07, 6.45) is -8.37. The third kappa shape index (κ3) is 5.71. The van der Waals surface area contributed by atoms with Gasteiger partial charge < -0.3 is 4.74 Å². The fourth-order valence-corrected chi connectivity index (χ4v) is 3.42. The Kier molecular flexibility index (Phi) is 7.10. The molecular weight excluding hydrogens is 405 g/mol. The summed E-state index contributed by atoms with van der Waals surface area (Å²) in [5, 5.41) is 0.318. The number of rotatable bonds is 7. The van der Waals surface area contributed by atoms with E-state index in [2.05, 4.69) is 0 Å². The number of benzene rings is 2. The van der Waals surface area contributed by atoms with Crippen LogP contribution >= 0.6 is 8.58 Å². The number of hydrogen-bond donors (Lipinski definition) is 0. The van der Waals surface area contributed by atoms with Crippen LogP contribution < -0.4 is 10.0 Å². The summed E-state index contributed by atoms with van der Waals surface area (Å²) in [5.41, 5.74) is -5.73. The van der Waals surface area contributed by atoms with Gasteiger partial charge in [-0.1, -0.05) is 31.5 Å². The van der Waals surface area contributed by atoms with Gasteiger partial charge in [-0.15, -0.1) is 0 Å². The average Bonchev–Trinajstić information content (AvgIpc) is 2.61. The van der Waals surface area contributed by atoms with Crippen molar-refractivity contribution in [3.63, 3.8) is 0 Å². The molecule has 0 aromatic heterocycles. The molecule has 2 aromatic rings. The molecule has 9 heteroatoms. The third-order valence-electron chi connectivity index (χ3n) is 3.78. The van der Waals surface area contributed by atoms with Crippen LogP contribution in [0.4, 0.5) is 26.3 Å². The summed E-state index contributed by atoms with van der Waals surface area (Å²) in [6, 6.07) is 7.60. The number of hydrogen-bond acceptors (Lipinski definition) is 2. The Morgan fingerprint density at radius 3 is 1.93 bits per heavy atom. The summed E-state index contributed by atoms with van der Waals surface area (Å²) < 4.78 is 84.5. The van der Waals surface area contributed by atoms with Gasteiger partial charge in [-0.25, -0.2) is 0 Å². The second kappa shape index (κ2) is 8.95. The highest BCUT2D eigenvalue weighted by Gasteiger charge is 2.42. The van der Waals surface area contributed by atoms with Crippen molar-refractivity contribution in [3.8, 4) is 5.75 Å². The normalized spacial score (nSPS) is 12.5. The molecule has 1 unspecified atom stereocenters. The maximum atomic E-state index is 13.2. The van der Waals surface area contributed by atoms with Gasteiger partial charge in [0.15, 0.2) is 5.52 Å². The molecule has 0 aliphatic carbocycles. The van der Waals surface area contributed by atoms with Crippen molar-refractivity contribution in [2.75, 3.05) is 6.61 Å². The standard InChI is InChI=1S/C19H17F6O2P/c1-2-3-11-27-12-7-9-13(10-8-12)28-17(26)16-14(18(20,21)22)5-4-6-15(16)19(23,24)25/h4-10,28H,2-3,11H2,1H3. The van der Waals surface area contributed by atoms with Crippen LogP contribution in [0, 0.1) is 0 Å². The Labute approximate surface area is 159 Å². The van der Waals surface area contributed by atoms with E-state index in [-0.39, 0.29) is 0 Å². The molecule has 0 aliphatic rings. The lowest BCUT2D eigenvalue weighted by atomic mass is 10.0. The first-order valence-corrected chi connectivity index (χ1v) is 9.35. The van der Waals surface area contributed by atoms with Crippen molar-refractivity contribution < 1.29 is 35.9 Å². The van der Waals surface area contributed by atoms with Gasteiger partial charge in [-0.3, -0.25) is 4.79 Å². The highest BCUT2D eigenvalue weighted by Crippen LogP contribution is 2.41. The molecule has 0 radical (unpaired) electrons. The maximum Gasteiger partial charge on any atom is 0.417 e. The Morgan fingerprint density at radius 1 is 0.929 bits per heavy atom. The van der Waals surface area contributed by atoms with E-state index < -0.39 is 43.1 Å². The summed E-state index contributed by atoms with van der Waals surface area (Å²) >= 11 is 0. The van der Waals surface area contributed by atoms with Gasteiger partial charge in [0.25, 0.3) is 0 Å². The van der Waals surface area contributed by atoms with Crippen LogP contribution in [0.25, 0.3) is 0 Å².